The Morgan fingerprint density at radius 3 is 2.32 bits per heavy atom. The summed E-state index contributed by atoms with van der Waals surface area (Å²) in [6.45, 7) is 2.62. The van der Waals surface area contributed by atoms with Crippen LogP contribution >= 0.6 is 15.9 Å². The Kier molecular flexibility index (Phi) is 4.65. The van der Waals surface area contributed by atoms with E-state index in [1.54, 1.807) is 4.31 Å². The second-order valence-corrected chi connectivity index (χ2v) is 10.6. The zero-order chi connectivity index (χ0) is 14.3. The van der Waals surface area contributed by atoms with Gasteiger partial charge in [-0.2, -0.15) is 4.31 Å². The van der Waals surface area contributed by atoms with E-state index in [0.29, 0.717) is 17.8 Å². The molecule has 2 rings (SSSR count). The summed E-state index contributed by atoms with van der Waals surface area (Å²) in [4.78, 5) is 0. The Hall–Kier alpha value is 0.340. The average Bonchev–Trinajstić information content (AvgIpc) is 2.70. The predicted octanol–water partition coefficient (Wildman–Crippen LogP) is 0.999. The van der Waals surface area contributed by atoms with Gasteiger partial charge < -0.3 is 0 Å². The highest BCUT2D eigenvalue weighted by Gasteiger charge is 2.43. The van der Waals surface area contributed by atoms with Crippen molar-refractivity contribution >= 4 is 35.8 Å². The molecule has 0 radical (unpaired) electrons. The molecule has 2 heterocycles. The first kappa shape index (κ1) is 15.7. The van der Waals surface area contributed by atoms with E-state index in [2.05, 4.69) is 22.9 Å². The van der Waals surface area contributed by atoms with Gasteiger partial charge in [0, 0.05) is 17.9 Å². The van der Waals surface area contributed by atoms with Gasteiger partial charge in [0.2, 0.25) is 10.0 Å². The summed E-state index contributed by atoms with van der Waals surface area (Å²) in [6, 6.07) is 0.00327. The lowest BCUT2D eigenvalue weighted by Gasteiger charge is -2.31. The monoisotopic (exact) mass is 373 g/mol. The Morgan fingerprint density at radius 1 is 1.21 bits per heavy atom. The summed E-state index contributed by atoms with van der Waals surface area (Å²) in [5.74, 6) is 0.347. The van der Waals surface area contributed by atoms with Crippen LogP contribution in [0.4, 0.5) is 0 Å². The predicted molar refractivity (Wildman–Crippen MR) is 78.7 cm³/mol. The maximum atomic E-state index is 12.6. The lowest BCUT2D eigenvalue weighted by molar-refractivity contribution is 0.370. The van der Waals surface area contributed by atoms with E-state index in [9.17, 15) is 16.8 Å². The first-order valence-corrected chi connectivity index (χ1v) is 11.0. The molecule has 0 saturated carbocycles. The summed E-state index contributed by atoms with van der Waals surface area (Å²) in [5, 5.41) is 0.112. The number of alkyl halides is 1. The van der Waals surface area contributed by atoms with Crippen LogP contribution < -0.4 is 0 Å². The summed E-state index contributed by atoms with van der Waals surface area (Å²) < 4.78 is 49.6. The summed E-state index contributed by atoms with van der Waals surface area (Å²) in [7, 11) is -6.39. The summed E-state index contributed by atoms with van der Waals surface area (Å²) in [5.41, 5.74) is 0. The first-order chi connectivity index (χ1) is 8.78. The van der Waals surface area contributed by atoms with E-state index < -0.39 is 25.1 Å². The molecule has 0 N–H and O–H groups in total. The van der Waals surface area contributed by atoms with Crippen molar-refractivity contribution in [3.8, 4) is 0 Å². The third kappa shape index (κ3) is 3.16. The number of halogens is 1. The van der Waals surface area contributed by atoms with Gasteiger partial charge in [0.05, 0.1) is 16.8 Å². The topological polar surface area (TPSA) is 71.5 Å². The highest BCUT2D eigenvalue weighted by atomic mass is 79.9. The smallest absolute Gasteiger partial charge is 0.217 e. The van der Waals surface area contributed by atoms with Gasteiger partial charge in [0.15, 0.2) is 0 Å². The SMILES string of the molecule is CC1CCN(S(=O)(=O)C2CCS(=O)(=O)CC2)C1CBr. The zero-order valence-electron chi connectivity index (χ0n) is 11.0. The third-order valence-corrected chi connectivity index (χ3v) is 9.04. The molecular weight excluding hydrogens is 354 g/mol. The fourth-order valence-electron chi connectivity index (χ4n) is 2.88. The minimum absolute atomic E-state index is 0.000725. The van der Waals surface area contributed by atoms with E-state index in [-0.39, 0.29) is 30.4 Å². The van der Waals surface area contributed by atoms with Crippen molar-refractivity contribution < 1.29 is 16.8 Å². The number of nitrogens with zero attached hydrogens (tertiary/aromatic N) is 1. The maximum absolute atomic E-state index is 12.6. The van der Waals surface area contributed by atoms with Crippen molar-refractivity contribution in [2.45, 2.75) is 37.5 Å². The lowest BCUT2D eigenvalue weighted by Crippen LogP contribution is -2.46. The molecule has 2 aliphatic heterocycles. The molecular formula is C11H20BrNO4S2. The van der Waals surface area contributed by atoms with Crippen LogP contribution in [0.1, 0.15) is 26.2 Å². The zero-order valence-corrected chi connectivity index (χ0v) is 14.2. The fourth-order valence-corrected chi connectivity index (χ4v) is 8.08. The molecule has 0 aromatic rings. The largest absolute Gasteiger partial charge is 0.229 e. The Bertz CT molecular complexity index is 517. The normalized spacial score (nSPS) is 33.6. The van der Waals surface area contributed by atoms with Crippen molar-refractivity contribution in [2.75, 3.05) is 23.4 Å². The summed E-state index contributed by atoms with van der Waals surface area (Å²) >= 11 is 3.39. The molecule has 0 aliphatic carbocycles. The standard InChI is InChI=1S/C11H20BrNO4S2/c1-9-2-5-13(11(9)8-12)19(16,17)10-3-6-18(14,15)7-4-10/h9-11H,2-8H2,1H3. The van der Waals surface area contributed by atoms with E-state index in [1.807, 2.05) is 0 Å². The minimum Gasteiger partial charge on any atom is -0.229 e. The van der Waals surface area contributed by atoms with Crippen molar-refractivity contribution in [1.82, 2.24) is 4.31 Å². The molecule has 5 nitrogen and oxygen atoms in total. The van der Waals surface area contributed by atoms with Gasteiger partial charge in [0.1, 0.15) is 9.84 Å². The molecule has 8 heteroatoms. The Labute approximate surface area is 123 Å². The van der Waals surface area contributed by atoms with Gasteiger partial charge in [-0.15, -0.1) is 0 Å². The maximum Gasteiger partial charge on any atom is 0.217 e. The molecule has 0 bridgehead atoms. The quantitative estimate of drug-likeness (QED) is 0.691. The second-order valence-electron chi connectivity index (χ2n) is 5.49. The number of hydrogen-bond donors (Lipinski definition) is 0. The summed E-state index contributed by atoms with van der Waals surface area (Å²) in [6.07, 6.45) is 1.36. The molecule has 2 unspecified atom stereocenters. The van der Waals surface area contributed by atoms with Crippen LogP contribution in [0.15, 0.2) is 0 Å². The van der Waals surface area contributed by atoms with Crippen LogP contribution in [-0.4, -0.2) is 55.8 Å². The first-order valence-electron chi connectivity index (χ1n) is 6.55. The highest BCUT2D eigenvalue weighted by molar-refractivity contribution is 9.09. The van der Waals surface area contributed by atoms with E-state index in [1.165, 1.54) is 0 Å². The molecule has 0 aromatic heterocycles. The van der Waals surface area contributed by atoms with Crippen molar-refractivity contribution in [3.05, 3.63) is 0 Å². The fraction of sp³-hybridized carbons (Fsp3) is 1.00. The van der Waals surface area contributed by atoms with Crippen LogP contribution in [-0.2, 0) is 19.9 Å². The van der Waals surface area contributed by atoms with Crippen LogP contribution in [0.3, 0.4) is 0 Å². The van der Waals surface area contributed by atoms with Crippen LogP contribution in [0.2, 0.25) is 0 Å². The minimum atomic E-state index is -3.37. The van der Waals surface area contributed by atoms with Crippen molar-refractivity contribution in [3.63, 3.8) is 0 Å². The third-order valence-electron chi connectivity index (χ3n) is 4.24. The molecule has 2 saturated heterocycles. The van der Waals surface area contributed by atoms with Crippen molar-refractivity contribution in [2.24, 2.45) is 5.92 Å². The van der Waals surface area contributed by atoms with Crippen LogP contribution in [0, 0.1) is 5.92 Å². The van der Waals surface area contributed by atoms with E-state index >= 15 is 0 Å². The van der Waals surface area contributed by atoms with Crippen LogP contribution in [0.5, 0.6) is 0 Å². The van der Waals surface area contributed by atoms with Crippen molar-refractivity contribution in [1.29, 1.82) is 0 Å². The molecule has 19 heavy (non-hydrogen) atoms. The number of hydrogen-bond acceptors (Lipinski definition) is 4. The number of sulfone groups is 1. The van der Waals surface area contributed by atoms with Gasteiger partial charge in [-0.1, -0.05) is 22.9 Å². The molecule has 0 spiro atoms. The van der Waals surface area contributed by atoms with E-state index in [0.717, 1.165) is 6.42 Å². The van der Waals surface area contributed by atoms with E-state index in [4.69, 9.17) is 0 Å². The Balaban J connectivity index is 2.15. The molecule has 112 valence electrons. The van der Waals surface area contributed by atoms with Gasteiger partial charge in [-0.25, -0.2) is 16.8 Å². The molecule has 0 amide bonds. The molecule has 2 aliphatic rings. The molecule has 0 aromatic carbocycles. The van der Waals surface area contributed by atoms with Crippen LogP contribution in [0.25, 0.3) is 0 Å². The highest BCUT2D eigenvalue weighted by Crippen LogP contribution is 2.32. The molecule has 2 fully saturated rings. The number of sulfonamides is 1. The van der Waals surface area contributed by atoms with Gasteiger partial charge >= 0.3 is 0 Å². The molecule has 2 atom stereocenters. The Morgan fingerprint density at radius 2 is 1.79 bits per heavy atom. The lowest BCUT2D eigenvalue weighted by atomic mass is 10.1. The van der Waals surface area contributed by atoms with Gasteiger partial charge in [0.25, 0.3) is 0 Å². The van der Waals surface area contributed by atoms with Gasteiger partial charge in [-0.3, -0.25) is 0 Å². The number of rotatable bonds is 3. The van der Waals surface area contributed by atoms with Gasteiger partial charge in [-0.05, 0) is 25.2 Å². The second kappa shape index (κ2) is 5.61. The average molecular weight is 374 g/mol.